The van der Waals surface area contributed by atoms with Gasteiger partial charge in [-0.1, -0.05) is 48.0 Å². The molecular formula is C32H30N4O4S. The Morgan fingerprint density at radius 3 is 2.27 bits per heavy atom. The summed E-state index contributed by atoms with van der Waals surface area (Å²) in [4.78, 5) is 58.8. The summed E-state index contributed by atoms with van der Waals surface area (Å²) in [6.07, 6.45) is 0. The molecule has 5 rings (SSSR count). The van der Waals surface area contributed by atoms with Crippen molar-refractivity contribution in [3.05, 3.63) is 112 Å². The maximum Gasteiger partial charge on any atom is 0.299 e. The van der Waals surface area contributed by atoms with Crippen LogP contribution < -0.4 is 15.1 Å². The van der Waals surface area contributed by atoms with E-state index in [2.05, 4.69) is 5.32 Å². The standard InChI is InChI=1S/C32H30N4O4S/c1-21-10-12-22(13-11-21)19-36(28(37)20-35-26-8-5-4-7-25(26)30(38)32(35)40)29(27-9-6-18-41-27)31(39)33-23-14-16-24(17-15-23)34(2)3/h4-18,29H,19-20H2,1-3H3,(H,33,39). The molecule has 208 valence electrons. The largest absolute Gasteiger partial charge is 0.378 e. The van der Waals surface area contributed by atoms with Crippen molar-refractivity contribution in [1.82, 2.24) is 4.90 Å². The molecule has 0 bridgehead atoms. The number of para-hydroxylation sites is 1. The van der Waals surface area contributed by atoms with Crippen LogP contribution in [0.4, 0.5) is 17.1 Å². The smallest absolute Gasteiger partial charge is 0.299 e. The van der Waals surface area contributed by atoms with Gasteiger partial charge in [-0.2, -0.15) is 0 Å². The van der Waals surface area contributed by atoms with Crippen molar-refractivity contribution in [3.63, 3.8) is 0 Å². The van der Waals surface area contributed by atoms with Crippen LogP contribution in [0.1, 0.15) is 32.4 Å². The highest BCUT2D eigenvalue weighted by Gasteiger charge is 2.39. The lowest BCUT2D eigenvalue weighted by Gasteiger charge is -2.32. The molecule has 1 aromatic heterocycles. The maximum absolute atomic E-state index is 14.1. The zero-order valence-corrected chi connectivity index (χ0v) is 23.9. The van der Waals surface area contributed by atoms with Gasteiger partial charge < -0.3 is 15.1 Å². The van der Waals surface area contributed by atoms with Crippen LogP contribution in [0.25, 0.3) is 0 Å². The average Bonchev–Trinajstić information content (AvgIpc) is 3.57. The van der Waals surface area contributed by atoms with Crippen LogP contribution in [-0.2, 0) is 20.9 Å². The number of carbonyl (C=O) groups is 4. The van der Waals surface area contributed by atoms with E-state index in [1.54, 1.807) is 24.3 Å². The Balaban J connectivity index is 1.49. The molecule has 0 fully saturated rings. The number of hydrogen-bond acceptors (Lipinski definition) is 6. The van der Waals surface area contributed by atoms with Crippen molar-refractivity contribution < 1.29 is 19.2 Å². The zero-order valence-electron chi connectivity index (χ0n) is 23.0. The lowest BCUT2D eigenvalue weighted by Crippen LogP contribution is -2.46. The predicted octanol–water partition coefficient (Wildman–Crippen LogP) is 5.06. The number of hydrogen-bond donors (Lipinski definition) is 1. The van der Waals surface area contributed by atoms with Gasteiger partial charge >= 0.3 is 0 Å². The third-order valence-corrected chi connectivity index (χ3v) is 7.91. The van der Waals surface area contributed by atoms with E-state index in [1.807, 2.05) is 92.0 Å². The molecular weight excluding hydrogens is 536 g/mol. The van der Waals surface area contributed by atoms with Crippen molar-refractivity contribution in [2.75, 3.05) is 35.8 Å². The normalized spacial score (nSPS) is 13.1. The van der Waals surface area contributed by atoms with E-state index in [1.165, 1.54) is 21.1 Å². The van der Waals surface area contributed by atoms with Crippen LogP contribution in [0.15, 0.2) is 90.3 Å². The van der Waals surface area contributed by atoms with E-state index in [9.17, 15) is 19.2 Å². The van der Waals surface area contributed by atoms with Gasteiger partial charge in [-0.25, -0.2) is 0 Å². The summed E-state index contributed by atoms with van der Waals surface area (Å²) in [5.41, 5.74) is 4.14. The summed E-state index contributed by atoms with van der Waals surface area (Å²) in [6.45, 7) is 1.73. The second-order valence-corrected chi connectivity index (χ2v) is 11.1. The van der Waals surface area contributed by atoms with E-state index in [0.29, 0.717) is 16.3 Å². The number of aryl methyl sites for hydroxylation is 1. The summed E-state index contributed by atoms with van der Waals surface area (Å²) in [5, 5.41) is 4.83. The number of ketones is 1. The molecule has 3 aromatic carbocycles. The van der Waals surface area contributed by atoms with E-state index in [4.69, 9.17) is 0 Å². The maximum atomic E-state index is 14.1. The van der Waals surface area contributed by atoms with Gasteiger partial charge in [0, 0.05) is 36.9 Å². The number of benzene rings is 3. The van der Waals surface area contributed by atoms with Gasteiger partial charge in [0.15, 0.2) is 0 Å². The minimum absolute atomic E-state index is 0.131. The number of thiophene rings is 1. The lowest BCUT2D eigenvalue weighted by molar-refractivity contribution is -0.138. The molecule has 3 amide bonds. The van der Waals surface area contributed by atoms with Crippen LogP contribution in [0.2, 0.25) is 0 Å². The van der Waals surface area contributed by atoms with Gasteiger partial charge in [-0.05, 0) is 60.3 Å². The molecule has 0 saturated heterocycles. The molecule has 0 saturated carbocycles. The van der Waals surface area contributed by atoms with E-state index < -0.39 is 23.6 Å². The SMILES string of the molecule is Cc1ccc(CN(C(=O)CN2C(=O)C(=O)c3ccccc32)C(C(=O)Nc2ccc(N(C)C)cc2)c2cccs2)cc1. The van der Waals surface area contributed by atoms with Crippen LogP contribution in [0.3, 0.4) is 0 Å². The first kappa shape index (κ1) is 27.8. The van der Waals surface area contributed by atoms with Gasteiger partial charge in [-0.15, -0.1) is 11.3 Å². The monoisotopic (exact) mass is 566 g/mol. The number of nitrogens with one attached hydrogen (secondary N) is 1. The Morgan fingerprint density at radius 1 is 0.902 bits per heavy atom. The molecule has 41 heavy (non-hydrogen) atoms. The van der Waals surface area contributed by atoms with Crippen LogP contribution in [0, 0.1) is 6.92 Å². The molecule has 1 unspecified atom stereocenters. The molecule has 0 radical (unpaired) electrons. The summed E-state index contributed by atoms with van der Waals surface area (Å²) in [6, 6.07) is 24.5. The molecule has 1 aliphatic heterocycles. The fourth-order valence-electron chi connectivity index (χ4n) is 4.77. The summed E-state index contributed by atoms with van der Waals surface area (Å²) >= 11 is 1.37. The molecule has 0 spiro atoms. The highest BCUT2D eigenvalue weighted by molar-refractivity contribution is 7.10. The van der Waals surface area contributed by atoms with Crippen LogP contribution in [-0.4, -0.2) is 49.0 Å². The van der Waals surface area contributed by atoms with E-state index >= 15 is 0 Å². The Hall–Kier alpha value is -4.76. The van der Waals surface area contributed by atoms with Gasteiger partial charge in [0.25, 0.3) is 17.6 Å². The minimum Gasteiger partial charge on any atom is -0.378 e. The fraction of sp³-hybridized carbons (Fsp3) is 0.188. The molecule has 1 aliphatic rings. The van der Waals surface area contributed by atoms with Gasteiger partial charge in [0.05, 0.1) is 11.3 Å². The zero-order chi connectivity index (χ0) is 29.1. The topological polar surface area (TPSA) is 90.0 Å². The average molecular weight is 567 g/mol. The van der Waals surface area contributed by atoms with Gasteiger partial charge in [0.2, 0.25) is 5.91 Å². The summed E-state index contributed by atoms with van der Waals surface area (Å²) in [5.74, 6) is -2.24. The van der Waals surface area contributed by atoms with E-state index in [-0.39, 0.29) is 24.6 Å². The second-order valence-electron chi connectivity index (χ2n) is 10.1. The summed E-state index contributed by atoms with van der Waals surface area (Å²) < 4.78 is 0. The fourth-order valence-corrected chi connectivity index (χ4v) is 5.60. The first-order chi connectivity index (χ1) is 19.7. The third-order valence-electron chi connectivity index (χ3n) is 6.99. The van der Waals surface area contributed by atoms with Crippen molar-refractivity contribution in [2.45, 2.75) is 19.5 Å². The third kappa shape index (κ3) is 5.90. The Kier molecular flexibility index (Phi) is 7.98. The minimum atomic E-state index is -0.971. The van der Waals surface area contributed by atoms with Gasteiger partial charge in [-0.3, -0.25) is 24.1 Å². The highest BCUT2D eigenvalue weighted by atomic mass is 32.1. The van der Waals surface area contributed by atoms with E-state index in [0.717, 1.165) is 16.8 Å². The molecule has 1 atom stereocenters. The molecule has 4 aromatic rings. The van der Waals surface area contributed by atoms with Crippen molar-refractivity contribution in [3.8, 4) is 0 Å². The number of carbonyl (C=O) groups excluding carboxylic acids is 4. The first-order valence-corrected chi connectivity index (χ1v) is 14.0. The number of nitrogens with zero attached hydrogens (tertiary/aromatic N) is 3. The van der Waals surface area contributed by atoms with Crippen molar-refractivity contribution in [2.24, 2.45) is 0 Å². The Morgan fingerprint density at radius 2 is 1.61 bits per heavy atom. The molecule has 0 aliphatic carbocycles. The highest BCUT2D eigenvalue weighted by Crippen LogP contribution is 2.32. The van der Waals surface area contributed by atoms with Crippen LogP contribution >= 0.6 is 11.3 Å². The molecule has 1 N–H and O–H groups in total. The molecule has 2 heterocycles. The Bertz CT molecular complexity index is 1580. The number of rotatable bonds is 9. The number of anilines is 3. The number of Topliss-reactive ketones (excluding diaryl/α,β-unsaturated/α-hetero) is 1. The summed E-state index contributed by atoms with van der Waals surface area (Å²) in [7, 11) is 3.87. The second kappa shape index (κ2) is 11.8. The van der Waals surface area contributed by atoms with Crippen molar-refractivity contribution >= 4 is 51.9 Å². The van der Waals surface area contributed by atoms with Crippen molar-refractivity contribution in [1.29, 1.82) is 0 Å². The lowest BCUT2D eigenvalue weighted by atomic mass is 10.1. The quantitative estimate of drug-likeness (QED) is 0.286. The number of amides is 3. The first-order valence-electron chi connectivity index (χ1n) is 13.1. The molecule has 9 heteroatoms. The van der Waals surface area contributed by atoms with Gasteiger partial charge in [0.1, 0.15) is 12.6 Å². The number of fused-ring (bicyclic) bond motifs is 1. The van der Waals surface area contributed by atoms with Crippen LogP contribution in [0.5, 0.6) is 0 Å². The Labute approximate surface area is 242 Å². The molecule has 8 nitrogen and oxygen atoms in total. The predicted molar refractivity (Wildman–Crippen MR) is 161 cm³/mol.